The highest BCUT2D eigenvalue weighted by atomic mass is 16.6. The van der Waals surface area contributed by atoms with Gasteiger partial charge in [0.15, 0.2) is 0 Å². The van der Waals surface area contributed by atoms with E-state index in [0.717, 1.165) is 30.4 Å². The van der Waals surface area contributed by atoms with Crippen molar-refractivity contribution < 1.29 is 85.8 Å². The van der Waals surface area contributed by atoms with E-state index in [1.165, 1.54) is 18.2 Å². The molecule has 0 aliphatic heterocycles. The summed E-state index contributed by atoms with van der Waals surface area (Å²) in [5.74, 6) is -6.41. The molecule has 0 amide bonds. The van der Waals surface area contributed by atoms with Gasteiger partial charge in [0.05, 0.1) is 56.8 Å². The zero-order chi connectivity index (χ0) is 50.4. The van der Waals surface area contributed by atoms with Gasteiger partial charge in [-0.05, 0) is 105 Å². The molecule has 5 rings (SSSR count). The van der Waals surface area contributed by atoms with E-state index in [-0.39, 0.29) is 56.3 Å². The Hall–Kier alpha value is -7.63. The van der Waals surface area contributed by atoms with Crippen LogP contribution in [0.1, 0.15) is 85.7 Å². The normalized spacial score (nSPS) is 17.3. The molecule has 2 aliphatic rings. The minimum Gasteiger partial charge on any atom is -0.465 e. The molecule has 3 aromatic rings. The lowest BCUT2D eigenvalue weighted by molar-refractivity contribution is -0.152. The van der Waals surface area contributed by atoms with Crippen molar-refractivity contribution in [2.75, 3.05) is 33.5 Å². The summed E-state index contributed by atoms with van der Waals surface area (Å²) in [6.45, 7) is 6.61. The highest BCUT2D eigenvalue weighted by Crippen LogP contribution is 2.35. The van der Waals surface area contributed by atoms with Crippen LogP contribution < -0.4 is 18.9 Å². The molecule has 0 atom stereocenters. The van der Waals surface area contributed by atoms with E-state index in [0.29, 0.717) is 75.7 Å². The maximum absolute atomic E-state index is 13.3. The summed E-state index contributed by atoms with van der Waals surface area (Å²) in [6, 6.07) is 17.6. The summed E-state index contributed by atoms with van der Waals surface area (Å²) < 4.78 is 47.2. The van der Waals surface area contributed by atoms with Gasteiger partial charge < -0.3 is 42.6 Å². The van der Waals surface area contributed by atoms with E-state index in [1.54, 1.807) is 48.5 Å². The van der Waals surface area contributed by atoms with Crippen molar-refractivity contribution in [3.05, 3.63) is 109 Å². The van der Waals surface area contributed by atoms with Crippen LogP contribution in [0.15, 0.2) is 92.0 Å². The van der Waals surface area contributed by atoms with Gasteiger partial charge in [0.1, 0.15) is 41.8 Å². The fraction of sp³-hybridized carbons (Fsp3) is 0.404. The third-order valence-electron chi connectivity index (χ3n) is 11.6. The van der Waals surface area contributed by atoms with E-state index in [9.17, 15) is 43.2 Å². The molecule has 0 aromatic heterocycles. The minimum absolute atomic E-state index is 0.0385. The van der Waals surface area contributed by atoms with Crippen molar-refractivity contribution >= 4 is 53.7 Å². The summed E-state index contributed by atoms with van der Waals surface area (Å²) in [7, 11) is 1.16. The van der Waals surface area contributed by atoms with E-state index >= 15 is 0 Å². The molecular weight excluding hydrogens is 913 g/mol. The molecule has 0 N–H and O–H groups in total. The van der Waals surface area contributed by atoms with E-state index < -0.39 is 77.4 Å². The Balaban J connectivity index is 0.995. The SMILES string of the molecule is C=CC(=O)OCCOC(=O)CCC(=O)OCCc1ccc(OC(=O)C2CCC(C(=O)Oc3ccc(OC(=O)C4CCC(C(=O)Oc5ccc(CCOC(=O)C=C)cc5)CC4)c(C(=O)OC)c3)CC2)cc1. The summed E-state index contributed by atoms with van der Waals surface area (Å²) >= 11 is 0. The van der Waals surface area contributed by atoms with Crippen LogP contribution in [0.4, 0.5) is 0 Å². The molecule has 18 nitrogen and oxygen atoms in total. The monoisotopic (exact) mass is 968 g/mol. The quantitative estimate of drug-likeness (QED) is 0.0323. The summed E-state index contributed by atoms with van der Waals surface area (Å²) in [5, 5.41) is 0. The number of hydrogen-bond acceptors (Lipinski definition) is 18. The minimum atomic E-state index is -0.816. The lowest BCUT2D eigenvalue weighted by atomic mass is 9.82. The van der Waals surface area contributed by atoms with E-state index in [1.807, 2.05) is 0 Å². The second-order valence-electron chi connectivity index (χ2n) is 16.4. The number of rotatable bonds is 23. The molecule has 3 aromatic carbocycles. The first-order valence-corrected chi connectivity index (χ1v) is 22.9. The van der Waals surface area contributed by atoms with Crippen LogP contribution in [0.3, 0.4) is 0 Å². The standard InChI is InChI=1S/C52H56O18/c1-4-44(53)63-28-26-33-6-18-39(19-7-33)68-49(58)36-14-16-38(17-15-36)51(60)70-43-23-22-41(32-42(43)52(61)62-3)69-50(59)37-12-10-35(11-13-37)48(57)67-40-20-8-34(9-21-40)27-29-64-46(55)24-25-47(56)66-31-30-65-45(54)5-2/h4-9,18-23,32,35-38H,1-2,10-17,24-31H2,3H3. The third kappa shape index (κ3) is 17.2. The molecule has 0 saturated heterocycles. The van der Waals surface area contributed by atoms with E-state index in [4.69, 9.17) is 42.6 Å². The molecule has 2 saturated carbocycles. The number of ether oxygens (including phenoxy) is 9. The molecule has 18 heteroatoms. The van der Waals surface area contributed by atoms with Gasteiger partial charge in [0.25, 0.3) is 0 Å². The maximum atomic E-state index is 13.3. The second kappa shape index (κ2) is 27.4. The smallest absolute Gasteiger partial charge is 0.341 e. The van der Waals surface area contributed by atoms with Gasteiger partial charge in [0.2, 0.25) is 0 Å². The molecule has 0 spiro atoms. The largest absolute Gasteiger partial charge is 0.465 e. The first kappa shape index (κ1) is 53.3. The number of carbonyl (C=O) groups is 9. The molecule has 372 valence electrons. The zero-order valence-electron chi connectivity index (χ0n) is 38.9. The topological polar surface area (TPSA) is 237 Å². The lowest BCUT2D eigenvalue weighted by Gasteiger charge is -2.26. The molecule has 70 heavy (non-hydrogen) atoms. The van der Waals surface area contributed by atoms with Crippen molar-refractivity contribution in [3.8, 4) is 23.0 Å². The molecular formula is C52H56O18. The summed E-state index contributed by atoms with van der Waals surface area (Å²) in [6.07, 6.45) is 5.54. The Labute approximate surface area is 404 Å². The average molecular weight is 969 g/mol. The lowest BCUT2D eigenvalue weighted by Crippen LogP contribution is -2.31. The van der Waals surface area contributed by atoms with Crippen LogP contribution in [-0.2, 0) is 74.9 Å². The Kier molecular flexibility index (Phi) is 20.9. The Morgan fingerprint density at radius 2 is 0.829 bits per heavy atom. The molecule has 2 aliphatic carbocycles. The van der Waals surface area contributed by atoms with E-state index in [2.05, 4.69) is 13.2 Å². The van der Waals surface area contributed by atoms with Crippen molar-refractivity contribution in [2.45, 2.75) is 77.0 Å². The number of carbonyl (C=O) groups excluding carboxylic acids is 9. The van der Waals surface area contributed by atoms with Gasteiger partial charge in [-0.3, -0.25) is 28.8 Å². The van der Waals surface area contributed by atoms with Crippen molar-refractivity contribution in [2.24, 2.45) is 23.7 Å². The molecule has 0 heterocycles. The predicted molar refractivity (Wildman–Crippen MR) is 245 cm³/mol. The number of esters is 9. The highest BCUT2D eigenvalue weighted by Gasteiger charge is 2.34. The van der Waals surface area contributed by atoms with Crippen LogP contribution in [0.2, 0.25) is 0 Å². The second-order valence-corrected chi connectivity index (χ2v) is 16.4. The summed E-state index contributed by atoms with van der Waals surface area (Å²) in [5.41, 5.74) is 1.58. The summed E-state index contributed by atoms with van der Waals surface area (Å²) in [4.78, 5) is 111. The van der Waals surface area contributed by atoms with Gasteiger partial charge in [-0.2, -0.15) is 0 Å². The first-order valence-electron chi connectivity index (χ1n) is 22.9. The van der Waals surface area contributed by atoms with Crippen LogP contribution in [0.25, 0.3) is 0 Å². The predicted octanol–water partition coefficient (Wildman–Crippen LogP) is 6.52. The molecule has 2 fully saturated rings. The van der Waals surface area contributed by atoms with Crippen LogP contribution in [-0.4, -0.2) is 87.3 Å². The Morgan fingerprint density at radius 3 is 1.26 bits per heavy atom. The van der Waals surface area contributed by atoms with Crippen molar-refractivity contribution in [1.29, 1.82) is 0 Å². The fourth-order valence-electron chi connectivity index (χ4n) is 7.62. The van der Waals surface area contributed by atoms with Gasteiger partial charge >= 0.3 is 53.7 Å². The zero-order valence-corrected chi connectivity index (χ0v) is 38.9. The first-order chi connectivity index (χ1) is 33.7. The van der Waals surface area contributed by atoms with Crippen LogP contribution in [0.5, 0.6) is 23.0 Å². The Bertz CT molecular complexity index is 2350. The number of benzene rings is 3. The van der Waals surface area contributed by atoms with Crippen LogP contribution in [0, 0.1) is 23.7 Å². The number of methoxy groups -OCH3 is 1. The van der Waals surface area contributed by atoms with Gasteiger partial charge in [-0.15, -0.1) is 0 Å². The number of hydrogen-bond donors (Lipinski definition) is 0. The van der Waals surface area contributed by atoms with Crippen molar-refractivity contribution in [1.82, 2.24) is 0 Å². The Morgan fingerprint density at radius 1 is 0.471 bits per heavy atom. The van der Waals surface area contributed by atoms with Gasteiger partial charge in [0, 0.05) is 25.0 Å². The highest BCUT2D eigenvalue weighted by molar-refractivity contribution is 5.94. The van der Waals surface area contributed by atoms with Crippen molar-refractivity contribution in [3.63, 3.8) is 0 Å². The van der Waals surface area contributed by atoms with Crippen LogP contribution >= 0.6 is 0 Å². The maximum Gasteiger partial charge on any atom is 0.341 e. The van der Waals surface area contributed by atoms with Gasteiger partial charge in [-0.1, -0.05) is 37.4 Å². The van der Waals surface area contributed by atoms with Gasteiger partial charge in [-0.25, -0.2) is 14.4 Å². The fourth-order valence-corrected chi connectivity index (χ4v) is 7.62. The molecule has 0 radical (unpaired) electrons. The average Bonchev–Trinajstić information content (AvgIpc) is 3.38. The molecule has 0 bridgehead atoms. The molecule has 0 unspecified atom stereocenters. The third-order valence-corrected chi connectivity index (χ3v) is 11.6.